The Bertz CT molecular complexity index is 453. The van der Waals surface area contributed by atoms with Gasteiger partial charge in [-0.1, -0.05) is 18.2 Å². The number of hydrogen-bond acceptors (Lipinski definition) is 5. The molecule has 0 radical (unpaired) electrons. The molecule has 1 amide bonds. The van der Waals surface area contributed by atoms with Crippen LogP contribution in [-0.4, -0.2) is 72.8 Å². The standard InChI is InChI=1S/C16H25N3O3.ClH/c17-7-6-16(21)19-10-8-18(9-11-19)12-14(20)13-22-15-4-2-1-3-5-15;/h1-5,14,20H,6-13,17H2;1H. The maximum Gasteiger partial charge on any atom is 0.223 e. The average Bonchev–Trinajstić information content (AvgIpc) is 2.55. The smallest absolute Gasteiger partial charge is 0.223 e. The molecular formula is C16H26ClN3O3. The second kappa shape index (κ2) is 10.4. The van der Waals surface area contributed by atoms with Gasteiger partial charge in [0.15, 0.2) is 0 Å². The molecule has 1 aliphatic rings. The Morgan fingerprint density at radius 3 is 2.48 bits per heavy atom. The molecule has 1 aromatic rings. The number of ether oxygens (including phenoxy) is 1. The molecule has 0 aliphatic carbocycles. The van der Waals surface area contributed by atoms with E-state index in [0.717, 1.165) is 18.8 Å². The minimum Gasteiger partial charge on any atom is -0.491 e. The largest absolute Gasteiger partial charge is 0.491 e. The fourth-order valence-corrected chi connectivity index (χ4v) is 2.52. The second-order valence-corrected chi connectivity index (χ2v) is 5.50. The van der Waals surface area contributed by atoms with Crippen LogP contribution >= 0.6 is 12.4 Å². The summed E-state index contributed by atoms with van der Waals surface area (Å²) in [6.07, 6.45) is -0.125. The van der Waals surface area contributed by atoms with Crippen molar-refractivity contribution in [1.82, 2.24) is 9.80 Å². The van der Waals surface area contributed by atoms with Crippen LogP contribution in [0.5, 0.6) is 5.75 Å². The fraction of sp³-hybridized carbons (Fsp3) is 0.562. The topological polar surface area (TPSA) is 79.0 Å². The van der Waals surface area contributed by atoms with Crippen molar-refractivity contribution >= 4 is 18.3 Å². The summed E-state index contributed by atoms with van der Waals surface area (Å²) in [7, 11) is 0. The van der Waals surface area contributed by atoms with Crippen molar-refractivity contribution in [2.75, 3.05) is 45.9 Å². The Labute approximate surface area is 143 Å². The normalized spacial score (nSPS) is 16.5. The Balaban J connectivity index is 0.00000264. The highest BCUT2D eigenvalue weighted by Gasteiger charge is 2.22. The van der Waals surface area contributed by atoms with E-state index in [2.05, 4.69) is 4.90 Å². The Morgan fingerprint density at radius 1 is 1.22 bits per heavy atom. The van der Waals surface area contributed by atoms with E-state index in [0.29, 0.717) is 32.6 Å². The molecule has 0 saturated carbocycles. The lowest BCUT2D eigenvalue weighted by molar-refractivity contribution is -0.132. The third-order valence-corrected chi connectivity index (χ3v) is 3.74. The van der Waals surface area contributed by atoms with Crippen molar-refractivity contribution in [3.8, 4) is 5.75 Å². The molecule has 6 nitrogen and oxygen atoms in total. The van der Waals surface area contributed by atoms with E-state index < -0.39 is 6.10 Å². The molecule has 0 bridgehead atoms. The van der Waals surface area contributed by atoms with Crippen LogP contribution in [0.4, 0.5) is 0 Å². The Hall–Kier alpha value is -1.34. The number of carbonyl (C=O) groups is 1. The molecule has 1 fully saturated rings. The number of carbonyl (C=O) groups excluding carboxylic acids is 1. The molecule has 1 atom stereocenters. The van der Waals surface area contributed by atoms with Crippen molar-refractivity contribution in [3.05, 3.63) is 30.3 Å². The van der Waals surface area contributed by atoms with E-state index in [4.69, 9.17) is 10.5 Å². The predicted octanol–water partition coefficient (Wildman–Crippen LogP) is 0.341. The highest BCUT2D eigenvalue weighted by Crippen LogP contribution is 2.09. The third kappa shape index (κ3) is 6.74. The molecule has 1 unspecified atom stereocenters. The van der Waals surface area contributed by atoms with Crippen LogP contribution in [0.1, 0.15) is 6.42 Å². The van der Waals surface area contributed by atoms with Gasteiger partial charge >= 0.3 is 0 Å². The molecule has 1 heterocycles. The molecule has 7 heteroatoms. The van der Waals surface area contributed by atoms with Gasteiger partial charge in [0.05, 0.1) is 0 Å². The number of piperazine rings is 1. The Kier molecular flexibility index (Phi) is 8.94. The van der Waals surface area contributed by atoms with E-state index >= 15 is 0 Å². The van der Waals surface area contributed by atoms with Crippen molar-refractivity contribution in [3.63, 3.8) is 0 Å². The van der Waals surface area contributed by atoms with Crippen LogP contribution in [0.15, 0.2) is 30.3 Å². The number of nitrogens with two attached hydrogens (primary N) is 1. The monoisotopic (exact) mass is 343 g/mol. The van der Waals surface area contributed by atoms with Gasteiger partial charge in [-0.25, -0.2) is 0 Å². The first kappa shape index (κ1) is 19.7. The molecule has 2 rings (SSSR count). The lowest BCUT2D eigenvalue weighted by Crippen LogP contribution is -2.51. The number of hydrogen-bond donors (Lipinski definition) is 2. The number of nitrogens with zero attached hydrogens (tertiary/aromatic N) is 2. The minimum atomic E-state index is -0.536. The molecule has 1 saturated heterocycles. The summed E-state index contributed by atoms with van der Waals surface area (Å²) in [5.74, 6) is 0.883. The van der Waals surface area contributed by atoms with Gasteiger partial charge in [0, 0.05) is 45.7 Å². The quantitative estimate of drug-likeness (QED) is 0.746. The number of aliphatic hydroxyl groups excluding tert-OH is 1. The zero-order valence-corrected chi connectivity index (χ0v) is 14.1. The summed E-state index contributed by atoms with van der Waals surface area (Å²) in [4.78, 5) is 15.7. The zero-order valence-electron chi connectivity index (χ0n) is 13.3. The van der Waals surface area contributed by atoms with Crippen molar-refractivity contribution in [2.45, 2.75) is 12.5 Å². The lowest BCUT2D eigenvalue weighted by atomic mass is 10.2. The molecule has 3 N–H and O–H groups in total. The summed E-state index contributed by atoms with van der Waals surface area (Å²) >= 11 is 0. The summed E-state index contributed by atoms with van der Waals surface area (Å²) in [6, 6.07) is 9.47. The highest BCUT2D eigenvalue weighted by atomic mass is 35.5. The van der Waals surface area contributed by atoms with Gasteiger partial charge in [0.1, 0.15) is 18.5 Å². The number of benzene rings is 1. The van der Waals surface area contributed by atoms with E-state index in [9.17, 15) is 9.90 Å². The highest BCUT2D eigenvalue weighted by molar-refractivity contribution is 5.85. The lowest BCUT2D eigenvalue weighted by Gasteiger charge is -2.35. The molecule has 1 aliphatic heterocycles. The van der Waals surface area contributed by atoms with Gasteiger partial charge in [0.2, 0.25) is 5.91 Å². The summed E-state index contributed by atoms with van der Waals surface area (Å²) < 4.78 is 5.55. The molecule has 1 aromatic carbocycles. The third-order valence-electron chi connectivity index (χ3n) is 3.74. The first-order valence-electron chi connectivity index (χ1n) is 7.75. The van der Waals surface area contributed by atoms with E-state index in [1.807, 2.05) is 35.2 Å². The predicted molar refractivity (Wildman–Crippen MR) is 91.9 cm³/mol. The number of halogens is 1. The van der Waals surface area contributed by atoms with E-state index in [1.165, 1.54) is 0 Å². The average molecular weight is 344 g/mol. The zero-order chi connectivity index (χ0) is 15.8. The number of rotatable bonds is 7. The SMILES string of the molecule is Cl.NCCC(=O)N1CCN(CC(O)COc2ccccc2)CC1. The van der Waals surface area contributed by atoms with Crippen LogP contribution in [0.25, 0.3) is 0 Å². The molecule has 23 heavy (non-hydrogen) atoms. The maximum atomic E-state index is 11.7. The number of para-hydroxylation sites is 1. The van der Waals surface area contributed by atoms with Crippen LogP contribution in [0.2, 0.25) is 0 Å². The van der Waals surface area contributed by atoms with Crippen LogP contribution in [0.3, 0.4) is 0 Å². The molecule has 0 spiro atoms. The van der Waals surface area contributed by atoms with E-state index in [-0.39, 0.29) is 24.9 Å². The first-order valence-corrected chi connectivity index (χ1v) is 7.75. The van der Waals surface area contributed by atoms with Crippen LogP contribution in [-0.2, 0) is 4.79 Å². The van der Waals surface area contributed by atoms with Gasteiger partial charge < -0.3 is 20.5 Å². The van der Waals surface area contributed by atoms with Gasteiger partial charge in [-0.15, -0.1) is 12.4 Å². The molecule has 0 aromatic heterocycles. The molecule has 130 valence electrons. The van der Waals surface area contributed by atoms with Crippen molar-refractivity contribution in [1.29, 1.82) is 0 Å². The summed E-state index contributed by atoms with van der Waals surface area (Å²) in [5, 5.41) is 10.1. The summed E-state index contributed by atoms with van der Waals surface area (Å²) in [6.45, 7) is 4.18. The number of β-amino-alcohol motifs (C(OH)–C–C–N with tert-alkyl or cyclic N) is 1. The van der Waals surface area contributed by atoms with Gasteiger partial charge in [-0.2, -0.15) is 0 Å². The number of aliphatic hydroxyl groups is 1. The van der Waals surface area contributed by atoms with Crippen molar-refractivity contribution in [2.24, 2.45) is 5.73 Å². The first-order chi connectivity index (χ1) is 10.7. The second-order valence-electron chi connectivity index (χ2n) is 5.50. The fourth-order valence-electron chi connectivity index (χ4n) is 2.52. The number of amides is 1. The van der Waals surface area contributed by atoms with Crippen LogP contribution in [0, 0.1) is 0 Å². The van der Waals surface area contributed by atoms with Gasteiger partial charge in [-0.05, 0) is 12.1 Å². The maximum absolute atomic E-state index is 11.7. The van der Waals surface area contributed by atoms with E-state index in [1.54, 1.807) is 0 Å². The molecular weight excluding hydrogens is 318 g/mol. The minimum absolute atomic E-state index is 0. The van der Waals surface area contributed by atoms with Gasteiger partial charge in [-0.3, -0.25) is 9.69 Å². The summed E-state index contributed by atoms with van der Waals surface area (Å²) in [5.41, 5.74) is 5.41. The van der Waals surface area contributed by atoms with Crippen molar-refractivity contribution < 1.29 is 14.6 Å². The Morgan fingerprint density at radius 2 is 1.87 bits per heavy atom. The van der Waals surface area contributed by atoms with Gasteiger partial charge in [0.25, 0.3) is 0 Å². The van der Waals surface area contributed by atoms with Crippen LogP contribution < -0.4 is 10.5 Å².